The Hall–Kier alpha value is -2.99. The summed E-state index contributed by atoms with van der Waals surface area (Å²) in [6, 6.07) is 12.7. The van der Waals surface area contributed by atoms with Gasteiger partial charge in [0.05, 0.1) is 17.7 Å². The molecule has 27 heavy (non-hydrogen) atoms. The van der Waals surface area contributed by atoms with Gasteiger partial charge in [0.1, 0.15) is 22.1 Å². The van der Waals surface area contributed by atoms with Gasteiger partial charge in [-0.2, -0.15) is 0 Å². The highest BCUT2D eigenvalue weighted by Gasteiger charge is 2.33. The van der Waals surface area contributed by atoms with Crippen LogP contribution in [0.1, 0.15) is 16.7 Å². The van der Waals surface area contributed by atoms with Crippen LogP contribution < -0.4 is 0 Å². The first-order valence-electron chi connectivity index (χ1n) is 8.26. The van der Waals surface area contributed by atoms with E-state index in [0.717, 1.165) is 22.9 Å². The van der Waals surface area contributed by atoms with Crippen molar-refractivity contribution in [3.05, 3.63) is 75.4 Å². The molecular formula is C21H19NO4S. The molecule has 0 radical (unpaired) electrons. The lowest BCUT2D eigenvalue weighted by Gasteiger charge is -2.03. The quantitative estimate of drug-likeness (QED) is 0.746. The van der Waals surface area contributed by atoms with Crippen LogP contribution in [0.2, 0.25) is 0 Å². The molecule has 0 spiro atoms. The number of esters is 1. The number of nitrogens with zero attached hydrogens (tertiary/aromatic N) is 1. The predicted octanol–water partition coefficient (Wildman–Crippen LogP) is 4.81. The Labute approximate surface area is 161 Å². The van der Waals surface area contributed by atoms with Crippen LogP contribution in [0.3, 0.4) is 0 Å². The molecule has 2 N–H and O–H groups in total. The number of carbonyl (C=O) groups is 1. The monoisotopic (exact) mass is 381 g/mol. The number of hydrogen-bond donors (Lipinski definition) is 2. The molecule has 0 aromatic heterocycles. The molecule has 0 unspecified atom stereocenters. The van der Waals surface area contributed by atoms with Crippen molar-refractivity contribution in [1.82, 2.24) is 0 Å². The van der Waals surface area contributed by atoms with Crippen LogP contribution >= 0.6 is 11.8 Å². The molecule has 0 saturated heterocycles. The average molecular weight is 381 g/mol. The zero-order chi connectivity index (χ0) is 19.6. The van der Waals surface area contributed by atoms with Crippen LogP contribution in [0.25, 0.3) is 6.08 Å². The summed E-state index contributed by atoms with van der Waals surface area (Å²) >= 11 is 1.15. The molecule has 0 amide bonds. The van der Waals surface area contributed by atoms with E-state index in [0.29, 0.717) is 21.2 Å². The number of methoxy groups -OCH3 is 1. The van der Waals surface area contributed by atoms with E-state index in [1.165, 1.54) is 7.11 Å². The normalized spacial score (nSPS) is 17.0. The highest BCUT2D eigenvalue weighted by atomic mass is 32.2. The van der Waals surface area contributed by atoms with Gasteiger partial charge >= 0.3 is 5.97 Å². The van der Waals surface area contributed by atoms with Crippen LogP contribution in [0, 0.1) is 13.8 Å². The van der Waals surface area contributed by atoms with Crippen molar-refractivity contribution in [2.45, 2.75) is 13.8 Å². The summed E-state index contributed by atoms with van der Waals surface area (Å²) in [7, 11) is 1.25. The van der Waals surface area contributed by atoms with E-state index in [4.69, 9.17) is 4.74 Å². The fourth-order valence-corrected chi connectivity index (χ4v) is 3.58. The maximum atomic E-state index is 12.2. The number of rotatable bonds is 3. The van der Waals surface area contributed by atoms with Gasteiger partial charge < -0.3 is 14.9 Å². The van der Waals surface area contributed by atoms with Crippen molar-refractivity contribution < 1.29 is 19.7 Å². The van der Waals surface area contributed by atoms with Crippen molar-refractivity contribution >= 4 is 34.5 Å². The third kappa shape index (κ3) is 4.06. The third-order valence-electron chi connectivity index (χ3n) is 4.01. The Bertz CT molecular complexity index is 988. The van der Waals surface area contributed by atoms with E-state index in [9.17, 15) is 15.0 Å². The molecule has 138 valence electrons. The summed E-state index contributed by atoms with van der Waals surface area (Å²) < 4.78 is 4.81. The fourth-order valence-electron chi connectivity index (χ4n) is 2.56. The summed E-state index contributed by atoms with van der Waals surface area (Å²) in [5, 5.41) is 21.0. The Morgan fingerprint density at radius 1 is 1.07 bits per heavy atom. The molecule has 2 aromatic carbocycles. The zero-order valence-corrected chi connectivity index (χ0v) is 16.0. The van der Waals surface area contributed by atoms with Gasteiger partial charge in [0.15, 0.2) is 0 Å². The topological polar surface area (TPSA) is 79.1 Å². The smallest absolute Gasteiger partial charge is 0.344 e. The Morgan fingerprint density at radius 3 is 2.41 bits per heavy atom. The van der Waals surface area contributed by atoms with Crippen molar-refractivity contribution in [3.8, 4) is 5.75 Å². The molecule has 0 atom stereocenters. The number of aliphatic hydroxyl groups is 1. The number of aliphatic hydroxyl groups excluding tert-OH is 1. The number of carbonyl (C=O) groups excluding carboxylic acids is 1. The molecule has 1 aliphatic rings. The molecule has 3 rings (SSSR count). The number of phenols is 1. The maximum Gasteiger partial charge on any atom is 0.344 e. The van der Waals surface area contributed by atoms with E-state index >= 15 is 0 Å². The molecule has 6 heteroatoms. The van der Waals surface area contributed by atoms with Gasteiger partial charge in [-0.05, 0) is 44.2 Å². The van der Waals surface area contributed by atoms with Crippen molar-refractivity contribution in [3.63, 3.8) is 0 Å². The van der Waals surface area contributed by atoms with Gasteiger partial charge in [0.2, 0.25) is 0 Å². The SMILES string of the molecule is COC(=O)C1=C(O)/C(=C\c2cc(C)ccc2O)SC1=Nc1ccc(C)cc1. The highest BCUT2D eigenvalue weighted by molar-refractivity contribution is 8.18. The first-order valence-corrected chi connectivity index (χ1v) is 9.07. The van der Waals surface area contributed by atoms with Crippen LogP contribution in [-0.2, 0) is 9.53 Å². The number of benzene rings is 2. The number of thioether (sulfide) groups is 1. The summed E-state index contributed by atoms with van der Waals surface area (Å²) in [6.45, 7) is 3.88. The van der Waals surface area contributed by atoms with Crippen molar-refractivity contribution in [2.24, 2.45) is 4.99 Å². The average Bonchev–Trinajstić information content (AvgIpc) is 2.94. The third-order valence-corrected chi connectivity index (χ3v) is 5.03. The lowest BCUT2D eigenvalue weighted by molar-refractivity contribution is -0.135. The molecule has 1 aliphatic heterocycles. The van der Waals surface area contributed by atoms with Gasteiger partial charge in [-0.1, -0.05) is 41.1 Å². The van der Waals surface area contributed by atoms with Gasteiger partial charge in [0.25, 0.3) is 0 Å². The molecule has 5 nitrogen and oxygen atoms in total. The number of hydrogen-bond acceptors (Lipinski definition) is 6. The Kier molecular flexibility index (Phi) is 5.37. The van der Waals surface area contributed by atoms with E-state index < -0.39 is 5.97 Å². The number of aryl methyl sites for hydroxylation is 2. The number of aromatic hydroxyl groups is 1. The second-order valence-corrected chi connectivity index (χ2v) is 7.17. The second-order valence-electron chi connectivity index (χ2n) is 6.14. The molecular weight excluding hydrogens is 362 g/mol. The first kappa shape index (κ1) is 18.8. The van der Waals surface area contributed by atoms with Crippen LogP contribution in [0.4, 0.5) is 5.69 Å². The summed E-state index contributed by atoms with van der Waals surface area (Å²) in [5.74, 6) is -0.786. The van der Waals surface area contributed by atoms with Gasteiger partial charge in [-0.15, -0.1) is 0 Å². The molecule has 2 aromatic rings. The Morgan fingerprint density at radius 2 is 1.74 bits per heavy atom. The second kappa shape index (κ2) is 7.72. The van der Waals surface area contributed by atoms with E-state index in [-0.39, 0.29) is 17.1 Å². The minimum atomic E-state index is -0.664. The molecule has 1 heterocycles. The maximum absolute atomic E-state index is 12.2. The molecule has 0 saturated carbocycles. The highest BCUT2D eigenvalue weighted by Crippen LogP contribution is 2.41. The predicted molar refractivity (Wildman–Crippen MR) is 108 cm³/mol. The van der Waals surface area contributed by atoms with Gasteiger partial charge in [-0.3, -0.25) is 0 Å². The van der Waals surface area contributed by atoms with E-state index in [2.05, 4.69) is 4.99 Å². The minimum Gasteiger partial charge on any atom is -0.507 e. The van der Waals surface area contributed by atoms with E-state index in [1.807, 2.05) is 38.1 Å². The number of aliphatic imine (C=N–C) groups is 1. The van der Waals surface area contributed by atoms with Gasteiger partial charge in [0, 0.05) is 5.56 Å². The van der Waals surface area contributed by atoms with Crippen LogP contribution in [0.5, 0.6) is 5.75 Å². The number of phenolic OH excluding ortho intramolecular Hbond substituents is 1. The van der Waals surface area contributed by atoms with Crippen LogP contribution in [0.15, 0.2) is 63.7 Å². The lowest BCUT2D eigenvalue weighted by atomic mass is 10.1. The lowest BCUT2D eigenvalue weighted by Crippen LogP contribution is -2.10. The zero-order valence-electron chi connectivity index (χ0n) is 15.2. The fraction of sp³-hybridized carbons (Fsp3) is 0.143. The Balaban J connectivity index is 2.07. The molecule has 0 bridgehead atoms. The molecule has 0 fully saturated rings. The number of ether oxygens (including phenoxy) is 1. The largest absolute Gasteiger partial charge is 0.507 e. The van der Waals surface area contributed by atoms with E-state index in [1.54, 1.807) is 24.3 Å². The standard InChI is InChI=1S/C21H19NO4S/c1-12-4-7-15(8-5-12)22-20-18(21(25)26-3)19(24)17(27-20)11-14-10-13(2)6-9-16(14)23/h4-11,23-24H,1-3H3/b17-11+,22-20?. The first-order chi connectivity index (χ1) is 12.9. The van der Waals surface area contributed by atoms with Crippen molar-refractivity contribution in [1.29, 1.82) is 0 Å². The summed E-state index contributed by atoms with van der Waals surface area (Å²) in [5.41, 5.74) is 3.29. The van der Waals surface area contributed by atoms with Crippen LogP contribution in [-0.4, -0.2) is 28.3 Å². The van der Waals surface area contributed by atoms with Gasteiger partial charge in [-0.25, -0.2) is 9.79 Å². The molecule has 0 aliphatic carbocycles. The summed E-state index contributed by atoms with van der Waals surface area (Å²) in [4.78, 5) is 17.1. The minimum absolute atomic E-state index is 0.0152. The summed E-state index contributed by atoms with van der Waals surface area (Å²) in [6.07, 6.45) is 1.63. The van der Waals surface area contributed by atoms with Crippen molar-refractivity contribution in [2.75, 3.05) is 7.11 Å².